The lowest BCUT2D eigenvalue weighted by atomic mass is 10.1. The van der Waals surface area contributed by atoms with Crippen LogP contribution in [0.3, 0.4) is 0 Å². The minimum absolute atomic E-state index is 0.242. The lowest BCUT2D eigenvalue weighted by Gasteiger charge is -2.18. The van der Waals surface area contributed by atoms with Gasteiger partial charge in [-0.25, -0.2) is 0 Å². The topological polar surface area (TPSA) is 41.5 Å². The SMILES string of the molecule is CCNCC(O)COC(C)CC(C)C. The van der Waals surface area contributed by atoms with Crippen molar-refractivity contribution >= 4 is 0 Å². The van der Waals surface area contributed by atoms with Gasteiger partial charge in [-0.15, -0.1) is 0 Å². The van der Waals surface area contributed by atoms with Crippen LogP contribution in [0.15, 0.2) is 0 Å². The molecule has 0 fully saturated rings. The van der Waals surface area contributed by atoms with Gasteiger partial charge in [0.15, 0.2) is 0 Å². The van der Waals surface area contributed by atoms with Crippen molar-refractivity contribution in [3.63, 3.8) is 0 Å². The third kappa shape index (κ3) is 8.48. The van der Waals surface area contributed by atoms with Gasteiger partial charge in [0.1, 0.15) is 0 Å². The Balaban J connectivity index is 3.40. The molecule has 0 spiro atoms. The van der Waals surface area contributed by atoms with Gasteiger partial charge in [0.05, 0.1) is 18.8 Å². The predicted molar refractivity (Wildman–Crippen MR) is 59.4 cm³/mol. The molecule has 3 nitrogen and oxygen atoms in total. The normalized spacial score (nSPS) is 15.9. The van der Waals surface area contributed by atoms with Crippen molar-refractivity contribution in [3.05, 3.63) is 0 Å². The van der Waals surface area contributed by atoms with E-state index in [1.54, 1.807) is 0 Å². The molecule has 2 unspecified atom stereocenters. The van der Waals surface area contributed by atoms with Gasteiger partial charge in [0, 0.05) is 6.54 Å². The Labute approximate surface area is 87.8 Å². The molecule has 0 saturated carbocycles. The molecule has 0 rings (SSSR count). The molecule has 86 valence electrons. The molecule has 2 atom stereocenters. The Morgan fingerprint density at radius 2 is 1.93 bits per heavy atom. The molecule has 3 heteroatoms. The smallest absolute Gasteiger partial charge is 0.0897 e. The molecule has 0 amide bonds. The summed E-state index contributed by atoms with van der Waals surface area (Å²) in [4.78, 5) is 0. The maximum atomic E-state index is 9.48. The van der Waals surface area contributed by atoms with E-state index in [2.05, 4.69) is 26.1 Å². The van der Waals surface area contributed by atoms with E-state index in [9.17, 15) is 5.11 Å². The van der Waals surface area contributed by atoms with Crippen LogP contribution < -0.4 is 5.32 Å². The summed E-state index contributed by atoms with van der Waals surface area (Å²) >= 11 is 0. The van der Waals surface area contributed by atoms with Gasteiger partial charge < -0.3 is 15.2 Å². The Kier molecular flexibility index (Phi) is 8.14. The van der Waals surface area contributed by atoms with E-state index in [1.807, 2.05) is 6.92 Å². The van der Waals surface area contributed by atoms with E-state index in [0.29, 0.717) is 19.1 Å². The first kappa shape index (κ1) is 13.9. The van der Waals surface area contributed by atoms with Gasteiger partial charge in [0.2, 0.25) is 0 Å². The summed E-state index contributed by atoms with van der Waals surface area (Å²) in [5, 5.41) is 12.6. The van der Waals surface area contributed by atoms with E-state index >= 15 is 0 Å². The third-order valence-corrected chi connectivity index (χ3v) is 2.01. The maximum absolute atomic E-state index is 9.48. The molecule has 0 heterocycles. The number of ether oxygens (including phenoxy) is 1. The second-order valence-corrected chi connectivity index (χ2v) is 4.24. The minimum atomic E-state index is -0.385. The van der Waals surface area contributed by atoms with Crippen LogP contribution in [0, 0.1) is 5.92 Å². The quantitative estimate of drug-likeness (QED) is 0.626. The van der Waals surface area contributed by atoms with E-state index in [0.717, 1.165) is 13.0 Å². The van der Waals surface area contributed by atoms with Crippen LogP contribution in [0.4, 0.5) is 0 Å². The first-order valence-corrected chi connectivity index (χ1v) is 5.56. The van der Waals surface area contributed by atoms with Gasteiger partial charge in [-0.1, -0.05) is 20.8 Å². The zero-order chi connectivity index (χ0) is 11.0. The lowest BCUT2D eigenvalue weighted by Crippen LogP contribution is -2.31. The number of nitrogens with one attached hydrogen (secondary N) is 1. The molecule has 0 aliphatic carbocycles. The molecule has 0 aliphatic rings. The fourth-order valence-corrected chi connectivity index (χ4v) is 1.38. The first-order chi connectivity index (χ1) is 6.56. The van der Waals surface area contributed by atoms with Crippen LogP contribution in [0.5, 0.6) is 0 Å². The van der Waals surface area contributed by atoms with E-state index in [1.165, 1.54) is 0 Å². The summed E-state index contributed by atoms with van der Waals surface area (Å²) in [6.07, 6.45) is 0.907. The molecule has 0 aromatic rings. The first-order valence-electron chi connectivity index (χ1n) is 5.56. The Morgan fingerprint density at radius 1 is 1.29 bits per heavy atom. The van der Waals surface area contributed by atoms with Crippen LogP contribution in [-0.4, -0.2) is 37.0 Å². The molecule has 14 heavy (non-hydrogen) atoms. The molecule has 0 aromatic heterocycles. The fourth-order valence-electron chi connectivity index (χ4n) is 1.38. The summed E-state index contributed by atoms with van der Waals surface area (Å²) in [7, 11) is 0. The van der Waals surface area contributed by atoms with Gasteiger partial charge in [-0.3, -0.25) is 0 Å². The highest BCUT2D eigenvalue weighted by molar-refractivity contribution is 4.60. The molecule has 0 aromatic carbocycles. The summed E-state index contributed by atoms with van der Waals surface area (Å²) in [6.45, 7) is 10.4. The minimum Gasteiger partial charge on any atom is -0.389 e. The van der Waals surface area contributed by atoms with E-state index < -0.39 is 0 Å². The molecular formula is C11H25NO2. The van der Waals surface area contributed by atoms with Crippen LogP contribution in [-0.2, 0) is 4.74 Å². The van der Waals surface area contributed by atoms with E-state index in [-0.39, 0.29) is 12.2 Å². The van der Waals surface area contributed by atoms with Gasteiger partial charge in [0.25, 0.3) is 0 Å². The number of hydrogen-bond acceptors (Lipinski definition) is 3. The largest absolute Gasteiger partial charge is 0.389 e. The average molecular weight is 203 g/mol. The van der Waals surface area contributed by atoms with Crippen molar-refractivity contribution in [3.8, 4) is 0 Å². The third-order valence-electron chi connectivity index (χ3n) is 2.01. The highest BCUT2D eigenvalue weighted by Crippen LogP contribution is 2.07. The van der Waals surface area contributed by atoms with Crippen molar-refractivity contribution in [1.82, 2.24) is 5.32 Å². The molecule has 0 bridgehead atoms. The summed E-state index contributed by atoms with van der Waals surface area (Å²) < 4.78 is 5.52. The van der Waals surface area contributed by atoms with Crippen molar-refractivity contribution in [2.75, 3.05) is 19.7 Å². The Morgan fingerprint density at radius 3 is 2.43 bits per heavy atom. The average Bonchev–Trinajstić information content (AvgIpc) is 2.10. The van der Waals surface area contributed by atoms with Crippen LogP contribution in [0.2, 0.25) is 0 Å². The Bertz CT molecular complexity index is 128. The standard InChI is InChI=1S/C11H25NO2/c1-5-12-7-11(13)8-14-10(4)6-9(2)3/h9-13H,5-8H2,1-4H3. The second-order valence-electron chi connectivity index (χ2n) is 4.24. The molecule has 2 N–H and O–H groups in total. The maximum Gasteiger partial charge on any atom is 0.0897 e. The summed E-state index contributed by atoms with van der Waals surface area (Å²) in [5.74, 6) is 0.649. The molecule has 0 saturated heterocycles. The molecular weight excluding hydrogens is 178 g/mol. The molecule has 0 radical (unpaired) electrons. The van der Waals surface area contributed by atoms with Gasteiger partial charge in [-0.2, -0.15) is 0 Å². The number of hydrogen-bond donors (Lipinski definition) is 2. The number of aliphatic hydroxyl groups is 1. The van der Waals surface area contributed by atoms with Crippen LogP contribution in [0.25, 0.3) is 0 Å². The van der Waals surface area contributed by atoms with Gasteiger partial charge >= 0.3 is 0 Å². The zero-order valence-corrected chi connectivity index (χ0v) is 9.92. The molecule has 0 aliphatic heterocycles. The highest BCUT2D eigenvalue weighted by atomic mass is 16.5. The number of aliphatic hydroxyl groups excluding tert-OH is 1. The van der Waals surface area contributed by atoms with E-state index in [4.69, 9.17) is 4.74 Å². The van der Waals surface area contributed by atoms with Crippen LogP contribution in [0.1, 0.15) is 34.1 Å². The van der Waals surface area contributed by atoms with Crippen molar-refractivity contribution < 1.29 is 9.84 Å². The van der Waals surface area contributed by atoms with Crippen LogP contribution >= 0.6 is 0 Å². The second kappa shape index (κ2) is 8.21. The van der Waals surface area contributed by atoms with Gasteiger partial charge in [-0.05, 0) is 25.8 Å². The summed E-state index contributed by atoms with van der Waals surface area (Å²) in [5.41, 5.74) is 0. The summed E-state index contributed by atoms with van der Waals surface area (Å²) in [6, 6.07) is 0. The van der Waals surface area contributed by atoms with Crippen molar-refractivity contribution in [2.24, 2.45) is 5.92 Å². The van der Waals surface area contributed by atoms with Crippen molar-refractivity contribution in [2.45, 2.75) is 46.3 Å². The fraction of sp³-hybridized carbons (Fsp3) is 1.00. The zero-order valence-electron chi connectivity index (χ0n) is 9.92. The van der Waals surface area contributed by atoms with Crippen molar-refractivity contribution in [1.29, 1.82) is 0 Å². The number of rotatable bonds is 8. The predicted octanol–water partition coefficient (Wildman–Crippen LogP) is 1.41. The number of likely N-dealkylation sites (N-methyl/N-ethyl adjacent to an activating group) is 1. The Hall–Kier alpha value is -0.120. The lowest BCUT2D eigenvalue weighted by molar-refractivity contribution is -0.00831. The monoisotopic (exact) mass is 203 g/mol. The highest BCUT2D eigenvalue weighted by Gasteiger charge is 2.08.